The summed E-state index contributed by atoms with van der Waals surface area (Å²) in [6, 6.07) is 9.80. The number of likely N-dealkylation sites (tertiary alicyclic amines) is 1. The first-order chi connectivity index (χ1) is 12.6. The fourth-order valence-corrected chi connectivity index (χ4v) is 3.71. The molecule has 142 valence electrons. The summed E-state index contributed by atoms with van der Waals surface area (Å²) in [5, 5.41) is 3.32. The molecule has 0 saturated carbocycles. The molecule has 0 bridgehead atoms. The van der Waals surface area contributed by atoms with Gasteiger partial charge in [-0.3, -0.25) is 9.59 Å². The van der Waals surface area contributed by atoms with E-state index >= 15 is 0 Å². The topological polar surface area (TPSA) is 61.9 Å². The maximum Gasteiger partial charge on any atom is 0.226 e. The standard InChI is InChI=1S/C20H29N3O3/c1-16-15-21-10-13-23(16)20(25)17-7-11-22(12-8-17)19(24)9-14-26-18-5-3-2-4-6-18/h2-6,16-17,21H,7-15H2,1H3/t16-/m1/s1. The predicted molar refractivity (Wildman–Crippen MR) is 99.9 cm³/mol. The minimum Gasteiger partial charge on any atom is -0.493 e. The number of carbonyl (C=O) groups is 2. The van der Waals surface area contributed by atoms with Gasteiger partial charge in [0.2, 0.25) is 11.8 Å². The highest BCUT2D eigenvalue weighted by molar-refractivity contribution is 5.80. The molecule has 6 heteroatoms. The van der Waals surface area contributed by atoms with Crippen LogP contribution in [0.15, 0.2) is 30.3 Å². The van der Waals surface area contributed by atoms with E-state index in [1.807, 2.05) is 40.1 Å². The lowest BCUT2D eigenvalue weighted by atomic mass is 9.94. The molecule has 2 amide bonds. The Balaban J connectivity index is 1.40. The Hall–Kier alpha value is -2.08. The second-order valence-corrected chi connectivity index (χ2v) is 7.15. The Labute approximate surface area is 155 Å². The molecule has 0 aromatic heterocycles. The van der Waals surface area contributed by atoms with Crippen LogP contribution in [-0.4, -0.2) is 67.0 Å². The first-order valence-electron chi connectivity index (χ1n) is 9.62. The van der Waals surface area contributed by atoms with Gasteiger partial charge in [0.05, 0.1) is 13.0 Å². The van der Waals surface area contributed by atoms with Gasteiger partial charge in [-0.15, -0.1) is 0 Å². The van der Waals surface area contributed by atoms with Crippen molar-refractivity contribution in [2.45, 2.75) is 32.2 Å². The number of amides is 2. The third kappa shape index (κ3) is 4.75. The van der Waals surface area contributed by atoms with Crippen LogP contribution in [0.3, 0.4) is 0 Å². The van der Waals surface area contributed by atoms with Crippen LogP contribution in [0.1, 0.15) is 26.2 Å². The summed E-state index contributed by atoms with van der Waals surface area (Å²) in [6.45, 7) is 6.34. The average molecular weight is 359 g/mol. The van der Waals surface area contributed by atoms with E-state index in [0.717, 1.165) is 38.2 Å². The summed E-state index contributed by atoms with van der Waals surface area (Å²) in [5.74, 6) is 1.22. The second kappa shape index (κ2) is 9.03. The lowest BCUT2D eigenvalue weighted by Gasteiger charge is -2.39. The molecule has 3 rings (SSSR count). The van der Waals surface area contributed by atoms with Crippen LogP contribution in [0.5, 0.6) is 5.75 Å². The van der Waals surface area contributed by atoms with Gasteiger partial charge in [-0.2, -0.15) is 0 Å². The number of hydrogen-bond donors (Lipinski definition) is 1. The molecule has 2 fully saturated rings. The minimum absolute atomic E-state index is 0.0557. The molecule has 26 heavy (non-hydrogen) atoms. The van der Waals surface area contributed by atoms with Gasteiger partial charge in [-0.05, 0) is 31.9 Å². The predicted octanol–water partition coefficient (Wildman–Crippen LogP) is 1.51. The first-order valence-corrected chi connectivity index (χ1v) is 9.62. The number of para-hydroxylation sites is 1. The molecule has 2 heterocycles. The summed E-state index contributed by atoms with van der Waals surface area (Å²) < 4.78 is 5.60. The van der Waals surface area contributed by atoms with Gasteiger partial charge in [-0.25, -0.2) is 0 Å². The van der Waals surface area contributed by atoms with Crippen LogP contribution >= 0.6 is 0 Å². The summed E-state index contributed by atoms with van der Waals surface area (Å²) in [4.78, 5) is 29.0. The zero-order valence-corrected chi connectivity index (χ0v) is 15.5. The van der Waals surface area contributed by atoms with Crippen molar-refractivity contribution < 1.29 is 14.3 Å². The molecule has 0 unspecified atom stereocenters. The van der Waals surface area contributed by atoms with Crippen molar-refractivity contribution in [3.8, 4) is 5.75 Å². The van der Waals surface area contributed by atoms with Crippen LogP contribution in [0.25, 0.3) is 0 Å². The quantitative estimate of drug-likeness (QED) is 0.866. The smallest absolute Gasteiger partial charge is 0.226 e. The number of piperazine rings is 1. The van der Waals surface area contributed by atoms with Crippen molar-refractivity contribution >= 4 is 11.8 Å². The van der Waals surface area contributed by atoms with Gasteiger partial charge in [0, 0.05) is 44.7 Å². The molecule has 2 aliphatic heterocycles. The fourth-order valence-electron chi connectivity index (χ4n) is 3.71. The molecule has 0 aliphatic carbocycles. The molecule has 2 aliphatic rings. The number of ether oxygens (including phenoxy) is 1. The van der Waals surface area contributed by atoms with E-state index in [1.54, 1.807) is 0 Å². The maximum absolute atomic E-state index is 12.7. The van der Waals surface area contributed by atoms with Crippen molar-refractivity contribution in [2.75, 3.05) is 39.3 Å². The lowest BCUT2D eigenvalue weighted by molar-refractivity contribution is -0.143. The molecule has 2 saturated heterocycles. The average Bonchev–Trinajstić information content (AvgIpc) is 2.69. The zero-order valence-electron chi connectivity index (χ0n) is 15.5. The van der Waals surface area contributed by atoms with E-state index in [9.17, 15) is 9.59 Å². The summed E-state index contributed by atoms with van der Waals surface area (Å²) in [7, 11) is 0. The number of hydrogen-bond acceptors (Lipinski definition) is 4. The number of piperidine rings is 1. The Morgan fingerprint density at radius 1 is 1.15 bits per heavy atom. The maximum atomic E-state index is 12.7. The zero-order chi connectivity index (χ0) is 18.4. The molecule has 0 spiro atoms. The van der Waals surface area contributed by atoms with Crippen LogP contribution in [0.2, 0.25) is 0 Å². The molecular weight excluding hydrogens is 330 g/mol. The highest BCUT2D eigenvalue weighted by Gasteiger charge is 2.32. The van der Waals surface area contributed by atoms with E-state index in [0.29, 0.717) is 26.1 Å². The van der Waals surface area contributed by atoms with Crippen molar-refractivity contribution in [2.24, 2.45) is 5.92 Å². The number of benzene rings is 1. The first kappa shape index (κ1) is 18.7. The van der Waals surface area contributed by atoms with Crippen LogP contribution in [0, 0.1) is 5.92 Å². The van der Waals surface area contributed by atoms with E-state index in [2.05, 4.69) is 12.2 Å². The normalized spacial score (nSPS) is 21.5. The molecular formula is C20H29N3O3. The van der Waals surface area contributed by atoms with Gasteiger partial charge in [0.1, 0.15) is 5.75 Å². The van der Waals surface area contributed by atoms with Gasteiger partial charge in [-0.1, -0.05) is 18.2 Å². The Bertz CT molecular complexity index is 600. The van der Waals surface area contributed by atoms with Crippen LogP contribution < -0.4 is 10.1 Å². The van der Waals surface area contributed by atoms with E-state index in [-0.39, 0.29) is 23.8 Å². The summed E-state index contributed by atoms with van der Waals surface area (Å²) >= 11 is 0. The summed E-state index contributed by atoms with van der Waals surface area (Å²) in [6.07, 6.45) is 1.91. The van der Waals surface area contributed by atoms with E-state index < -0.39 is 0 Å². The largest absolute Gasteiger partial charge is 0.493 e. The van der Waals surface area contributed by atoms with Crippen LogP contribution in [-0.2, 0) is 9.59 Å². The summed E-state index contributed by atoms with van der Waals surface area (Å²) in [5.41, 5.74) is 0. The number of nitrogens with zero attached hydrogens (tertiary/aromatic N) is 2. The van der Waals surface area contributed by atoms with Crippen molar-refractivity contribution in [3.63, 3.8) is 0 Å². The third-order valence-corrected chi connectivity index (χ3v) is 5.31. The highest BCUT2D eigenvalue weighted by atomic mass is 16.5. The van der Waals surface area contributed by atoms with Crippen molar-refractivity contribution in [1.29, 1.82) is 0 Å². The Morgan fingerprint density at radius 3 is 2.58 bits per heavy atom. The molecule has 6 nitrogen and oxygen atoms in total. The minimum atomic E-state index is 0.0557. The Kier molecular flexibility index (Phi) is 6.50. The molecule has 1 aromatic carbocycles. The number of rotatable bonds is 5. The highest BCUT2D eigenvalue weighted by Crippen LogP contribution is 2.22. The van der Waals surface area contributed by atoms with Gasteiger partial charge < -0.3 is 19.9 Å². The van der Waals surface area contributed by atoms with E-state index in [4.69, 9.17) is 4.74 Å². The lowest BCUT2D eigenvalue weighted by Crippen LogP contribution is -2.55. The third-order valence-electron chi connectivity index (χ3n) is 5.31. The SMILES string of the molecule is C[C@@H]1CNCCN1C(=O)C1CCN(C(=O)CCOc2ccccc2)CC1. The van der Waals surface area contributed by atoms with Gasteiger partial charge >= 0.3 is 0 Å². The molecule has 1 N–H and O–H groups in total. The van der Waals surface area contributed by atoms with Crippen molar-refractivity contribution in [3.05, 3.63) is 30.3 Å². The molecule has 0 radical (unpaired) electrons. The van der Waals surface area contributed by atoms with Gasteiger partial charge in [0.25, 0.3) is 0 Å². The molecule has 1 aromatic rings. The molecule has 1 atom stereocenters. The van der Waals surface area contributed by atoms with E-state index in [1.165, 1.54) is 0 Å². The van der Waals surface area contributed by atoms with Crippen molar-refractivity contribution in [1.82, 2.24) is 15.1 Å². The number of carbonyl (C=O) groups excluding carboxylic acids is 2. The monoisotopic (exact) mass is 359 g/mol. The second-order valence-electron chi connectivity index (χ2n) is 7.15. The van der Waals surface area contributed by atoms with Gasteiger partial charge in [0.15, 0.2) is 0 Å². The Morgan fingerprint density at radius 2 is 1.88 bits per heavy atom. The van der Waals surface area contributed by atoms with Crippen LogP contribution in [0.4, 0.5) is 0 Å². The number of nitrogens with one attached hydrogen (secondary N) is 1. The fraction of sp³-hybridized carbons (Fsp3) is 0.600.